The number of aliphatic hydroxyl groups is 1. The first-order chi connectivity index (χ1) is 8.52. The van der Waals surface area contributed by atoms with Crippen molar-refractivity contribution in [1.29, 1.82) is 0 Å². The number of carbonyl (C=O) groups is 1. The average Bonchev–Trinajstić information content (AvgIpc) is 2.34. The number of halogens is 1. The van der Waals surface area contributed by atoms with Crippen LogP contribution in [0.4, 0.5) is 0 Å². The second-order valence-corrected chi connectivity index (χ2v) is 4.11. The topological polar surface area (TPSA) is 81.8 Å². The molecule has 100 valence electrons. The van der Waals surface area contributed by atoms with Crippen LogP contribution in [0.2, 0.25) is 0 Å². The van der Waals surface area contributed by atoms with E-state index in [9.17, 15) is 9.90 Å². The number of amides is 1. The second-order valence-electron chi connectivity index (χ2n) is 3.80. The van der Waals surface area contributed by atoms with E-state index in [0.29, 0.717) is 11.5 Å². The van der Waals surface area contributed by atoms with Crippen LogP contribution in [0.25, 0.3) is 0 Å². The number of aryl methyl sites for hydroxylation is 1. The molecule has 0 aliphatic carbocycles. The molecule has 0 fully saturated rings. The standard InChI is InChI=1S/C12H16ClNO4/c1-8-4-10(17-7-12(14)16)2-3-11(8)18-6-9(15)5-13/h2-4,9,15H,5-7H2,1H3,(H2,14,16). The van der Waals surface area contributed by atoms with E-state index >= 15 is 0 Å². The Morgan fingerprint density at radius 3 is 2.78 bits per heavy atom. The summed E-state index contributed by atoms with van der Waals surface area (Å²) in [4.78, 5) is 10.6. The van der Waals surface area contributed by atoms with E-state index in [-0.39, 0.29) is 19.1 Å². The molecule has 0 aliphatic heterocycles. The number of hydrogen-bond acceptors (Lipinski definition) is 4. The van der Waals surface area contributed by atoms with Gasteiger partial charge in [0.2, 0.25) is 0 Å². The molecule has 0 aliphatic rings. The molecule has 0 heterocycles. The van der Waals surface area contributed by atoms with Gasteiger partial charge in [0.1, 0.15) is 24.2 Å². The third-order valence-electron chi connectivity index (χ3n) is 2.14. The summed E-state index contributed by atoms with van der Waals surface area (Å²) in [6.07, 6.45) is -0.697. The molecular formula is C12H16ClNO4. The lowest BCUT2D eigenvalue weighted by molar-refractivity contribution is -0.119. The van der Waals surface area contributed by atoms with Gasteiger partial charge in [-0.05, 0) is 30.7 Å². The van der Waals surface area contributed by atoms with Gasteiger partial charge in [-0.25, -0.2) is 0 Å². The third kappa shape index (κ3) is 4.81. The monoisotopic (exact) mass is 273 g/mol. The first-order valence-corrected chi connectivity index (χ1v) is 5.95. The molecule has 1 rings (SSSR count). The van der Waals surface area contributed by atoms with Gasteiger partial charge in [0.15, 0.2) is 6.61 Å². The van der Waals surface area contributed by atoms with Gasteiger partial charge in [0.25, 0.3) is 5.91 Å². The van der Waals surface area contributed by atoms with E-state index in [1.54, 1.807) is 18.2 Å². The highest BCUT2D eigenvalue weighted by molar-refractivity contribution is 6.18. The van der Waals surface area contributed by atoms with Gasteiger partial charge < -0.3 is 20.3 Å². The summed E-state index contributed by atoms with van der Waals surface area (Å²) in [7, 11) is 0. The summed E-state index contributed by atoms with van der Waals surface area (Å²) in [5.74, 6) is 0.763. The van der Waals surface area contributed by atoms with Gasteiger partial charge in [0.05, 0.1) is 5.88 Å². The van der Waals surface area contributed by atoms with Crippen molar-refractivity contribution >= 4 is 17.5 Å². The third-order valence-corrected chi connectivity index (χ3v) is 2.49. The van der Waals surface area contributed by atoms with Gasteiger partial charge in [0, 0.05) is 0 Å². The Hall–Kier alpha value is -1.46. The first-order valence-electron chi connectivity index (χ1n) is 5.41. The zero-order valence-corrected chi connectivity index (χ0v) is 10.8. The zero-order valence-electron chi connectivity index (χ0n) is 10.1. The van der Waals surface area contributed by atoms with Crippen molar-refractivity contribution in [2.75, 3.05) is 19.1 Å². The highest BCUT2D eigenvalue weighted by Gasteiger charge is 2.06. The fourth-order valence-corrected chi connectivity index (χ4v) is 1.35. The lowest BCUT2D eigenvalue weighted by Crippen LogP contribution is -2.20. The van der Waals surface area contributed by atoms with E-state index in [0.717, 1.165) is 5.56 Å². The predicted molar refractivity (Wildman–Crippen MR) is 68.1 cm³/mol. The molecule has 1 aromatic rings. The number of ether oxygens (including phenoxy) is 2. The summed E-state index contributed by atoms with van der Waals surface area (Å²) in [6.45, 7) is 1.80. The Bertz CT molecular complexity index is 411. The van der Waals surface area contributed by atoms with Crippen LogP contribution in [-0.4, -0.2) is 36.2 Å². The van der Waals surface area contributed by atoms with E-state index < -0.39 is 12.0 Å². The van der Waals surface area contributed by atoms with Crippen molar-refractivity contribution in [2.24, 2.45) is 5.73 Å². The van der Waals surface area contributed by atoms with Crippen molar-refractivity contribution in [2.45, 2.75) is 13.0 Å². The minimum atomic E-state index is -0.697. The van der Waals surface area contributed by atoms with E-state index in [1.807, 2.05) is 6.92 Å². The summed E-state index contributed by atoms with van der Waals surface area (Å²) >= 11 is 5.46. The van der Waals surface area contributed by atoms with Crippen LogP contribution in [0, 0.1) is 6.92 Å². The maximum atomic E-state index is 10.6. The number of nitrogens with two attached hydrogens (primary N) is 1. The molecule has 0 bridgehead atoms. The largest absolute Gasteiger partial charge is 0.491 e. The Balaban J connectivity index is 2.59. The molecule has 6 heteroatoms. The quantitative estimate of drug-likeness (QED) is 0.721. The van der Waals surface area contributed by atoms with Crippen LogP contribution in [0.15, 0.2) is 18.2 Å². The second kappa shape index (κ2) is 7.08. The lowest BCUT2D eigenvalue weighted by Gasteiger charge is -2.13. The van der Waals surface area contributed by atoms with Crippen molar-refractivity contribution < 1.29 is 19.4 Å². The summed E-state index contributed by atoms with van der Waals surface area (Å²) in [6, 6.07) is 5.09. The molecule has 18 heavy (non-hydrogen) atoms. The Labute approximate surface area is 110 Å². The molecule has 5 nitrogen and oxygen atoms in total. The van der Waals surface area contributed by atoms with Gasteiger partial charge >= 0.3 is 0 Å². The predicted octanol–water partition coefficient (Wildman–Crippen LogP) is 0.838. The molecule has 3 N–H and O–H groups in total. The van der Waals surface area contributed by atoms with Crippen molar-refractivity contribution in [3.05, 3.63) is 23.8 Å². The average molecular weight is 274 g/mol. The van der Waals surface area contributed by atoms with Crippen LogP contribution < -0.4 is 15.2 Å². The molecule has 0 radical (unpaired) electrons. The van der Waals surface area contributed by atoms with Crippen LogP contribution in [0.5, 0.6) is 11.5 Å². The van der Waals surface area contributed by atoms with Crippen molar-refractivity contribution in [1.82, 2.24) is 0 Å². The molecule has 1 unspecified atom stereocenters. The smallest absolute Gasteiger partial charge is 0.255 e. The maximum Gasteiger partial charge on any atom is 0.255 e. The molecule has 1 aromatic carbocycles. The highest BCUT2D eigenvalue weighted by Crippen LogP contribution is 2.23. The van der Waals surface area contributed by atoms with Gasteiger partial charge in [-0.1, -0.05) is 0 Å². The van der Waals surface area contributed by atoms with E-state index in [2.05, 4.69) is 0 Å². The molecular weight excluding hydrogens is 258 g/mol. The highest BCUT2D eigenvalue weighted by atomic mass is 35.5. The molecule has 0 aromatic heterocycles. The summed E-state index contributed by atoms with van der Waals surface area (Å²) in [5, 5.41) is 9.28. The van der Waals surface area contributed by atoms with Crippen LogP contribution in [0.3, 0.4) is 0 Å². The molecule has 1 amide bonds. The number of carbonyl (C=O) groups excluding carboxylic acids is 1. The summed E-state index contributed by atoms with van der Waals surface area (Å²) < 4.78 is 10.5. The minimum absolute atomic E-state index is 0.124. The van der Waals surface area contributed by atoms with Gasteiger partial charge in [-0.3, -0.25) is 4.79 Å². The van der Waals surface area contributed by atoms with Crippen LogP contribution >= 0.6 is 11.6 Å². The lowest BCUT2D eigenvalue weighted by atomic mass is 10.2. The Morgan fingerprint density at radius 2 is 2.22 bits per heavy atom. The van der Waals surface area contributed by atoms with Crippen molar-refractivity contribution in [3.8, 4) is 11.5 Å². The fourth-order valence-electron chi connectivity index (χ4n) is 1.26. The number of primary amides is 1. The SMILES string of the molecule is Cc1cc(OCC(N)=O)ccc1OCC(O)CCl. The number of benzene rings is 1. The Morgan fingerprint density at radius 1 is 1.50 bits per heavy atom. The maximum absolute atomic E-state index is 10.6. The van der Waals surface area contributed by atoms with E-state index in [1.165, 1.54) is 0 Å². The molecule has 1 atom stereocenters. The van der Waals surface area contributed by atoms with Crippen LogP contribution in [-0.2, 0) is 4.79 Å². The van der Waals surface area contributed by atoms with Gasteiger partial charge in [-0.2, -0.15) is 0 Å². The number of hydrogen-bond donors (Lipinski definition) is 2. The molecule has 0 spiro atoms. The fraction of sp³-hybridized carbons (Fsp3) is 0.417. The first kappa shape index (κ1) is 14.6. The normalized spacial score (nSPS) is 11.9. The zero-order chi connectivity index (χ0) is 13.5. The van der Waals surface area contributed by atoms with Gasteiger partial charge in [-0.15, -0.1) is 11.6 Å². The summed E-state index contributed by atoms with van der Waals surface area (Å²) in [5.41, 5.74) is 5.81. The minimum Gasteiger partial charge on any atom is -0.491 e. The Kier molecular flexibility index (Phi) is 5.74. The van der Waals surface area contributed by atoms with Crippen molar-refractivity contribution in [3.63, 3.8) is 0 Å². The molecule has 0 saturated heterocycles. The number of aliphatic hydroxyl groups excluding tert-OH is 1. The van der Waals surface area contributed by atoms with Crippen LogP contribution in [0.1, 0.15) is 5.56 Å². The molecule has 0 saturated carbocycles. The van der Waals surface area contributed by atoms with E-state index in [4.69, 9.17) is 26.8 Å². The number of rotatable bonds is 7. The number of alkyl halides is 1.